The maximum Gasteiger partial charge on any atom is 0.419 e. The molecule has 1 unspecified atom stereocenters. The van der Waals surface area contributed by atoms with Gasteiger partial charge in [-0.3, -0.25) is 0 Å². The summed E-state index contributed by atoms with van der Waals surface area (Å²) in [4.78, 5) is 3.65. The number of nitrogens with one attached hydrogen (secondary N) is 1. The Hall–Kier alpha value is -1.01. The van der Waals surface area contributed by atoms with Crippen LogP contribution >= 0.6 is 11.6 Å². The molecule has 0 aliphatic heterocycles. The fourth-order valence-corrected chi connectivity index (χ4v) is 1.43. The highest BCUT2D eigenvalue weighted by Crippen LogP contribution is 2.33. The van der Waals surface area contributed by atoms with Gasteiger partial charge >= 0.3 is 6.18 Å². The number of hydrogen-bond donors (Lipinski definition) is 1. The molecule has 1 aromatic heterocycles. The Kier molecular flexibility index (Phi) is 5.02. The molecule has 17 heavy (non-hydrogen) atoms. The van der Waals surface area contributed by atoms with Gasteiger partial charge in [0.05, 0.1) is 17.5 Å². The number of nitrogens with zero attached hydrogens (tertiary/aromatic N) is 1. The third-order valence-electron chi connectivity index (χ3n) is 1.95. The lowest BCUT2D eigenvalue weighted by atomic mass is 10.2. The number of aromatic nitrogens is 1. The monoisotopic (exact) mass is 268 g/mol. The Labute approximate surface area is 102 Å². The number of rotatable bonds is 5. The zero-order chi connectivity index (χ0) is 12.9. The molecule has 1 heterocycles. The molecule has 0 aliphatic carbocycles. The highest BCUT2D eigenvalue weighted by Gasteiger charge is 2.34. The SMILES string of the molecule is COCC(Cl)CNc1ncccc1C(F)(F)F. The maximum absolute atomic E-state index is 12.6. The van der Waals surface area contributed by atoms with E-state index < -0.39 is 17.1 Å². The lowest BCUT2D eigenvalue weighted by molar-refractivity contribution is -0.137. The number of pyridine rings is 1. The molecule has 0 radical (unpaired) electrons. The van der Waals surface area contributed by atoms with E-state index in [1.807, 2.05) is 0 Å². The van der Waals surface area contributed by atoms with E-state index in [2.05, 4.69) is 10.3 Å². The molecule has 1 atom stereocenters. The third kappa shape index (κ3) is 4.40. The van der Waals surface area contributed by atoms with Crippen molar-refractivity contribution < 1.29 is 17.9 Å². The normalized spacial score (nSPS) is 13.5. The van der Waals surface area contributed by atoms with Crippen LogP contribution < -0.4 is 5.32 Å². The lowest BCUT2D eigenvalue weighted by Gasteiger charge is -2.14. The van der Waals surface area contributed by atoms with Gasteiger partial charge in [-0.15, -0.1) is 11.6 Å². The van der Waals surface area contributed by atoms with Gasteiger partial charge in [0.25, 0.3) is 0 Å². The van der Waals surface area contributed by atoms with Gasteiger partial charge in [-0.05, 0) is 12.1 Å². The number of hydrogen-bond acceptors (Lipinski definition) is 3. The number of halogens is 4. The van der Waals surface area contributed by atoms with Crippen molar-refractivity contribution in [2.45, 2.75) is 11.6 Å². The smallest absolute Gasteiger partial charge is 0.383 e. The second-order valence-corrected chi connectivity index (χ2v) is 3.95. The van der Waals surface area contributed by atoms with Crippen molar-refractivity contribution in [2.75, 3.05) is 25.6 Å². The van der Waals surface area contributed by atoms with Gasteiger partial charge in [-0.25, -0.2) is 4.98 Å². The Morgan fingerprint density at radius 3 is 2.82 bits per heavy atom. The summed E-state index contributed by atoms with van der Waals surface area (Å²) in [6, 6.07) is 2.20. The average Bonchev–Trinajstić information content (AvgIpc) is 2.26. The first kappa shape index (κ1) is 14.1. The zero-order valence-electron chi connectivity index (χ0n) is 9.09. The average molecular weight is 269 g/mol. The van der Waals surface area contributed by atoms with Crippen LogP contribution in [-0.4, -0.2) is 30.6 Å². The van der Waals surface area contributed by atoms with Crippen molar-refractivity contribution in [2.24, 2.45) is 0 Å². The van der Waals surface area contributed by atoms with Crippen LogP contribution in [0.4, 0.5) is 19.0 Å². The van der Waals surface area contributed by atoms with Crippen LogP contribution in [0.25, 0.3) is 0 Å². The molecular weight excluding hydrogens is 257 g/mol. The van der Waals surface area contributed by atoms with Crippen LogP contribution in [0.2, 0.25) is 0 Å². The summed E-state index contributed by atoms with van der Waals surface area (Å²) in [6.07, 6.45) is -3.14. The highest BCUT2D eigenvalue weighted by atomic mass is 35.5. The van der Waals surface area contributed by atoms with Gasteiger partial charge in [0, 0.05) is 19.9 Å². The molecule has 0 spiro atoms. The van der Waals surface area contributed by atoms with Crippen LogP contribution in [0.15, 0.2) is 18.3 Å². The summed E-state index contributed by atoms with van der Waals surface area (Å²) in [5.41, 5.74) is -0.804. The van der Waals surface area contributed by atoms with Crippen molar-refractivity contribution >= 4 is 17.4 Å². The standard InChI is InChI=1S/C10H12ClF3N2O/c1-17-6-7(11)5-16-9-8(10(12,13)14)3-2-4-15-9/h2-4,7H,5-6H2,1H3,(H,15,16). The molecule has 1 aromatic rings. The first-order valence-corrected chi connectivity index (χ1v) is 5.28. The van der Waals surface area contributed by atoms with Gasteiger partial charge in [-0.1, -0.05) is 0 Å². The quantitative estimate of drug-likeness (QED) is 0.834. The molecule has 0 saturated heterocycles. The molecule has 0 amide bonds. The van der Waals surface area contributed by atoms with Gasteiger partial charge in [0.15, 0.2) is 0 Å². The largest absolute Gasteiger partial charge is 0.419 e. The number of methoxy groups -OCH3 is 1. The van der Waals surface area contributed by atoms with E-state index in [9.17, 15) is 13.2 Å². The van der Waals surface area contributed by atoms with Crippen molar-refractivity contribution in [3.05, 3.63) is 23.9 Å². The predicted molar refractivity (Wildman–Crippen MR) is 59.2 cm³/mol. The van der Waals surface area contributed by atoms with E-state index in [1.165, 1.54) is 19.4 Å². The minimum Gasteiger partial charge on any atom is -0.383 e. The summed E-state index contributed by atoms with van der Waals surface area (Å²) in [6.45, 7) is 0.401. The van der Waals surface area contributed by atoms with E-state index in [-0.39, 0.29) is 19.0 Å². The summed E-state index contributed by atoms with van der Waals surface area (Å²) >= 11 is 5.80. The zero-order valence-corrected chi connectivity index (χ0v) is 9.85. The first-order valence-electron chi connectivity index (χ1n) is 4.84. The second kappa shape index (κ2) is 6.07. The Morgan fingerprint density at radius 2 is 2.24 bits per heavy atom. The first-order chi connectivity index (χ1) is 7.95. The minimum atomic E-state index is -4.43. The number of alkyl halides is 4. The summed E-state index contributed by atoms with van der Waals surface area (Å²) in [7, 11) is 1.47. The van der Waals surface area contributed by atoms with Crippen LogP contribution in [0.1, 0.15) is 5.56 Å². The van der Waals surface area contributed by atoms with Crippen LogP contribution in [-0.2, 0) is 10.9 Å². The molecule has 0 saturated carbocycles. The minimum absolute atomic E-state index is 0.148. The van der Waals surface area contributed by atoms with Crippen molar-refractivity contribution in [3.8, 4) is 0 Å². The summed E-state index contributed by atoms with van der Waals surface area (Å²) < 4.78 is 42.5. The molecule has 0 fully saturated rings. The third-order valence-corrected chi connectivity index (χ3v) is 2.23. The molecule has 0 aromatic carbocycles. The van der Waals surface area contributed by atoms with E-state index in [0.29, 0.717) is 0 Å². The Bertz CT molecular complexity index is 360. The lowest BCUT2D eigenvalue weighted by Crippen LogP contribution is -2.21. The molecule has 96 valence electrons. The fourth-order valence-electron chi connectivity index (χ4n) is 1.22. The molecular formula is C10H12ClF3N2O. The highest BCUT2D eigenvalue weighted by molar-refractivity contribution is 6.21. The predicted octanol–water partition coefficient (Wildman–Crippen LogP) is 2.77. The second-order valence-electron chi connectivity index (χ2n) is 3.33. The van der Waals surface area contributed by atoms with Crippen molar-refractivity contribution in [1.29, 1.82) is 0 Å². The molecule has 3 nitrogen and oxygen atoms in total. The Balaban J connectivity index is 2.71. The Morgan fingerprint density at radius 1 is 1.53 bits per heavy atom. The summed E-state index contributed by atoms with van der Waals surface area (Å²) in [5, 5.41) is 2.15. The topological polar surface area (TPSA) is 34.1 Å². The van der Waals surface area contributed by atoms with Crippen LogP contribution in [0.3, 0.4) is 0 Å². The molecule has 1 rings (SSSR count). The van der Waals surface area contributed by atoms with Crippen LogP contribution in [0.5, 0.6) is 0 Å². The van der Waals surface area contributed by atoms with Gasteiger partial charge in [-0.2, -0.15) is 13.2 Å². The number of anilines is 1. The van der Waals surface area contributed by atoms with Gasteiger partial charge < -0.3 is 10.1 Å². The fraction of sp³-hybridized carbons (Fsp3) is 0.500. The van der Waals surface area contributed by atoms with Crippen LogP contribution in [0, 0.1) is 0 Å². The van der Waals surface area contributed by atoms with Gasteiger partial charge in [0.1, 0.15) is 5.82 Å². The molecule has 1 N–H and O–H groups in total. The maximum atomic E-state index is 12.6. The van der Waals surface area contributed by atoms with Crippen molar-refractivity contribution in [1.82, 2.24) is 4.98 Å². The molecule has 0 aliphatic rings. The van der Waals surface area contributed by atoms with E-state index in [0.717, 1.165) is 6.07 Å². The molecule has 7 heteroatoms. The van der Waals surface area contributed by atoms with E-state index in [1.54, 1.807) is 0 Å². The molecule has 0 bridgehead atoms. The van der Waals surface area contributed by atoms with Gasteiger partial charge in [0.2, 0.25) is 0 Å². The number of ether oxygens (including phenoxy) is 1. The van der Waals surface area contributed by atoms with Crippen molar-refractivity contribution in [3.63, 3.8) is 0 Å². The summed E-state index contributed by atoms with van der Waals surface area (Å²) in [5.74, 6) is -0.221. The van der Waals surface area contributed by atoms with E-state index in [4.69, 9.17) is 16.3 Å². The van der Waals surface area contributed by atoms with E-state index >= 15 is 0 Å².